The van der Waals surface area contributed by atoms with Gasteiger partial charge in [0.25, 0.3) is 0 Å². The molecule has 5 heteroatoms. The second-order valence-corrected chi connectivity index (χ2v) is 5.12. The van der Waals surface area contributed by atoms with E-state index in [1.807, 2.05) is 13.8 Å². The molecule has 1 atom stereocenters. The molecular formula is C12H25N3O2. The summed E-state index contributed by atoms with van der Waals surface area (Å²) < 4.78 is 0. The third-order valence-electron chi connectivity index (χ3n) is 2.94. The van der Waals surface area contributed by atoms with E-state index in [0.717, 1.165) is 0 Å². The molecular weight excluding hydrogens is 218 g/mol. The van der Waals surface area contributed by atoms with Gasteiger partial charge in [-0.25, -0.2) is 0 Å². The summed E-state index contributed by atoms with van der Waals surface area (Å²) in [6, 6.07) is 0. The van der Waals surface area contributed by atoms with Gasteiger partial charge in [-0.2, -0.15) is 0 Å². The van der Waals surface area contributed by atoms with Crippen LogP contribution in [-0.2, 0) is 9.59 Å². The topological polar surface area (TPSA) is 75.4 Å². The van der Waals surface area contributed by atoms with Crippen molar-refractivity contribution in [3.63, 3.8) is 0 Å². The molecule has 0 aliphatic rings. The maximum absolute atomic E-state index is 12.1. The second-order valence-electron chi connectivity index (χ2n) is 5.12. The fraction of sp³-hybridized carbons (Fsp3) is 0.833. The SMILES string of the molecule is CNC(=O)C(C)CN(C)C(=O)C(C)(C)CCN. The molecule has 0 fully saturated rings. The van der Waals surface area contributed by atoms with E-state index in [2.05, 4.69) is 5.32 Å². The zero-order valence-electron chi connectivity index (χ0n) is 11.5. The van der Waals surface area contributed by atoms with Crippen LogP contribution < -0.4 is 11.1 Å². The van der Waals surface area contributed by atoms with E-state index in [9.17, 15) is 9.59 Å². The van der Waals surface area contributed by atoms with Crippen LogP contribution in [0.4, 0.5) is 0 Å². The molecule has 17 heavy (non-hydrogen) atoms. The lowest BCUT2D eigenvalue weighted by Gasteiger charge is -2.30. The Labute approximate surface area is 104 Å². The van der Waals surface area contributed by atoms with Crippen molar-refractivity contribution >= 4 is 11.8 Å². The Morgan fingerprint density at radius 3 is 2.35 bits per heavy atom. The third-order valence-corrected chi connectivity index (χ3v) is 2.94. The third kappa shape index (κ3) is 4.73. The Morgan fingerprint density at radius 2 is 1.94 bits per heavy atom. The molecule has 100 valence electrons. The van der Waals surface area contributed by atoms with Crippen LogP contribution in [0.25, 0.3) is 0 Å². The highest BCUT2D eigenvalue weighted by Gasteiger charge is 2.30. The van der Waals surface area contributed by atoms with Gasteiger partial charge in [0, 0.05) is 26.1 Å². The first-order valence-corrected chi connectivity index (χ1v) is 5.93. The number of nitrogens with two attached hydrogens (primary N) is 1. The van der Waals surface area contributed by atoms with Crippen molar-refractivity contribution in [2.75, 3.05) is 27.2 Å². The normalized spacial score (nSPS) is 13.1. The maximum Gasteiger partial charge on any atom is 0.228 e. The van der Waals surface area contributed by atoms with Gasteiger partial charge in [0.1, 0.15) is 0 Å². The van der Waals surface area contributed by atoms with Gasteiger partial charge in [-0.05, 0) is 13.0 Å². The standard InChI is InChI=1S/C12H25N3O2/c1-9(10(16)14-4)8-15(5)11(17)12(2,3)6-7-13/h9H,6-8,13H2,1-5H3,(H,14,16). The molecule has 0 saturated heterocycles. The fourth-order valence-electron chi connectivity index (χ4n) is 1.81. The lowest BCUT2D eigenvalue weighted by Crippen LogP contribution is -2.43. The Morgan fingerprint density at radius 1 is 1.41 bits per heavy atom. The molecule has 5 nitrogen and oxygen atoms in total. The highest BCUT2D eigenvalue weighted by molar-refractivity contribution is 5.83. The molecule has 0 bridgehead atoms. The maximum atomic E-state index is 12.1. The summed E-state index contributed by atoms with van der Waals surface area (Å²) in [6.07, 6.45) is 0.643. The molecule has 0 aromatic carbocycles. The van der Waals surface area contributed by atoms with E-state index in [-0.39, 0.29) is 17.7 Å². The Balaban J connectivity index is 4.46. The minimum absolute atomic E-state index is 0.0266. The molecule has 0 aromatic heterocycles. The van der Waals surface area contributed by atoms with E-state index < -0.39 is 5.41 Å². The van der Waals surface area contributed by atoms with Gasteiger partial charge in [0.05, 0.1) is 5.92 Å². The molecule has 0 aromatic rings. The van der Waals surface area contributed by atoms with Gasteiger partial charge in [-0.3, -0.25) is 9.59 Å². The van der Waals surface area contributed by atoms with Crippen molar-refractivity contribution in [2.24, 2.45) is 17.1 Å². The van der Waals surface area contributed by atoms with Crippen LogP contribution in [0.1, 0.15) is 27.2 Å². The van der Waals surface area contributed by atoms with Crippen molar-refractivity contribution in [2.45, 2.75) is 27.2 Å². The van der Waals surface area contributed by atoms with Gasteiger partial charge in [-0.15, -0.1) is 0 Å². The van der Waals surface area contributed by atoms with Gasteiger partial charge in [0.2, 0.25) is 11.8 Å². The summed E-state index contributed by atoms with van der Waals surface area (Å²) in [5.41, 5.74) is 5.02. The first kappa shape index (κ1) is 15.9. The summed E-state index contributed by atoms with van der Waals surface area (Å²) in [5.74, 6) is -0.234. The van der Waals surface area contributed by atoms with Crippen LogP contribution in [0.3, 0.4) is 0 Å². The lowest BCUT2D eigenvalue weighted by molar-refractivity contribution is -0.140. The van der Waals surface area contributed by atoms with Gasteiger partial charge < -0.3 is 16.0 Å². The van der Waals surface area contributed by atoms with E-state index in [1.165, 1.54) is 0 Å². The highest BCUT2D eigenvalue weighted by atomic mass is 16.2. The fourth-order valence-corrected chi connectivity index (χ4v) is 1.81. The molecule has 2 amide bonds. The number of amides is 2. The molecule has 0 spiro atoms. The number of hydrogen-bond donors (Lipinski definition) is 2. The van der Waals surface area contributed by atoms with E-state index in [0.29, 0.717) is 19.5 Å². The zero-order chi connectivity index (χ0) is 13.6. The molecule has 0 rings (SSSR count). The average molecular weight is 243 g/mol. The summed E-state index contributed by atoms with van der Waals surface area (Å²) in [6.45, 7) is 6.47. The minimum Gasteiger partial charge on any atom is -0.359 e. The van der Waals surface area contributed by atoms with Crippen molar-refractivity contribution in [1.82, 2.24) is 10.2 Å². The number of nitrogens with one attached hydrogen (secondary N) is 1. The quantitative estimate of drug-likeness (QED) is 0.700. The predicted octanol–water partition coefficient (Wildman–Crippen LogP) is 0.202. The van der Waals surface area contributed by atoms with Crippen LogP contribution in [0.5, 0.6) is 0 Å². The Kier molecular flexibility index (Phi) is 6.16. The summed E-state index contributed by atoms with van der Waals surface area (Å²) in [4.78, 5) is 25.1. The Bertz CT molecular complexity index is 277. The number of carbonyl (C=O) groups is 2. The molecule has 0 heterocycles. The van der Waals surface area contributed by atoms with Crippen molar-refractivity contribution in [1.29, 1.82) is 0 Å². The number of rotatable bonds is 6. The number of hydrogen-bond acceptors (Lipinski definition) is 3. The van der Waals surface area contributed by atoms with Crippen LogP contribution in [0.2, 0.25) is 0 Å². The highest BCUT2D eigenvalue weighted by Crippen LogP contribution is 2.22. The largest absolute Gasteiger partial charge is 0.359 e. The van der Waals surface area contributed by atoms with Crippen LogP contribution >= 0.6 is 0 Å². The molecule has 0 radical (unpaired) electrons. The summed E-state index contributed by atoms with van der Waals surface area (Å²) in [7, 11) is 3.32. The molecule has 0 aliphatic carbocycles. The van der Waals surface area contributed by atoms with E-state index in [1.54, 1.807) is 25.9 Å². The average Bonchev–Trinajstić information content (AvgIpc) is 2.26. The number of nitrogens with zero attached hydrogens (tertiary/aromatic N) is 1. The molecule has 1 unspecified atom stereocenters. The van der Waals surface area contributed by atoms with E-state index >= 15 is 0 Å². The molecule has 0 aliphatic heterocycles. The van der Waals surface area contributed by atoms with Gasteiger partial charge in [-0.1, -0.05) is 20.8 Å². The summed E-state index contributed by atoms with van der Waals surface area (Å²) >= 11 is 0. The summed E-state index contributed by atoms with van der Waals surface area (Å²) in [5, 5.41) is 2.58. The molecule has 0 saturated carbocycles. The van der Waals surface area contributed by atoms with Crippen molar-refractivity contribution in [3.8, 4) is 0 Å². The van der Waals surface area contributed by atoms with Gasteiger partial charge in [0.15, 0.2) is 0 Å². The smallest absolute Gasteiger partial charge is 0.228 e. The second kappa shape index (κ2) is 6.59. The van der Waals surface area contributed by atoms with Crippen molar-refractivity contribution in [3.05, 3.63) is 0 Å². The number of carbonyl (C=O) groups excluding carboxylic acids is 2. The van der Waals surface area contributed by atoms with E-state index in [4.69, 9.17) is 5.73 Å². The Hall–Kier alpha value is -1.10. The first-order valence-electron chi connectivity index (χ1n) is 5.93. The van der Waals surface area contributed by atoms with Crippen LogP contribution in [0, 0.1) is 11.3 Å². The van der Waals surface area contributed by atoms with Gasteiger partial charge >= 0.3 is 0 Å². The van der Waals surface area contributed by atoms with Crippen LogP contribution in [0.15, 0.2) is 0 Å². The predicted molar refractivity (Wildman–Crippen MR) is 68.3 cm³/mol. The minimum atomic E-state index is -0.466. The lowest BCUT2D eigenvalue weighted by atomic mass is 9.87. The zero-order valence-corrected chi connectivity index (χ0v) is 11.5. The first-order chi connectivity index (χ1) is 7.76. The molecule has 3 N–H and O–H groups in total. The monoisotopic (exact) mass is 243 g/mol. The van der Waals surface area contributed by atoms with Crippen LogP contribution in [-0.4, -0.2) is 43.9 Å². The van der Waals surface area contributed by atoms with Crippen molar-refractivity contribution < 1.29 is 9.59 Å².